The van der Waals surface area contributed by atoms with Crippen molar-refractivity contribution < 1.29 is 14.6 Å². The molecule has 1 unspecified atom stereocenters. The summed E-state index contributed by atoms with van der Waals surface area (Å²) in [6, 6.07) is 0. The highest BCUT2D eigenvalue weighted by Crippen LogP contribution is 2.20. The molecule has 0 amide bonds. The van der Waals surface area contributed by atoms with Gasteiger partial charge in [-0.3, -0.25) is 4.79 Å². The molecule has 0 bridgehead atoms. The second-order valence-electron chi connectivity index (χ2n) is 3.69. The number of ether oxygens (including phenoxy) is 1. The van der Waals surface area contributed by atoms with E-state index in [0.29, 0.717) is 0 Å². The minimum atomic E-state index is -0.539. The van der Waals surface area contributed by atoms with Gasteiger partial charge in [0.05, 0.1) is 19.6 Å². The molecule has 0 radical (unpaired) electrons. The van der Waals surface area contributed by atoms with Crippen LogP contribution in [0.5, 0.6) is 0 Å². The minimum absolute atomic E-state index is 0.126. The standard InChI is InChI=1S/C11H22O3/c1-4-6-9(7-5-2)10(12)8-11(13)14-3/h9-10,12H,4-8H2,1-3H3. The molecular formula is C11H22O3. The zero-order chi connectivity index (χ0) is 11.0. The molecule has 0 spiro atoms. The molecule has 0 rings (SSSR count). The van der Waals surface area contributed by atoms with E-state index >= 15 is 0 Å². The van der Waals surface area contributed by atoms with Gasteiger partial charge < -0.3 is 9.84 Å². The number of carbonyl (C=O) groups is 1. The molecule has 14 heavy (non-hydrogen) atoms. The second kappa shape index (κ2) is 7.80. The van der Waals surface area contributed by atoms with Gasteiger partial charge in [-0.05, 0) is 18.8 Å². The van der Waals surface area contributed by atoms with Crippen molar-refractivity contribution >= 4 is 5.97 Å². The lowest BCUT2D eigenvalue weighted by Gasteiger charge is -2.20. The maximum atomic E-state index is 11.0. The number of rotatable bonds is 7. The molecule has 0 aliphatic rings. The molecule has 0 aromatic rings. The van der Waals surface area contributed by atoms with Crippen molar-refractivity contribution in [3.8, 4) is 0 Å². The van der Waals surface area contributed by atoms with Gasteiger partial charge in [0.2, 0.25) is 0 Å². The molecule has 0 aromatic carbocycles. The molecule has 0 saturated heterocycles. The zero-order valence-electron chi connectivity index (χ0n) is 9.45. The van der Waals surface area contributed by atoms with Crippen LogP contribution in [0.15, 0.2) is 0 Å². The first-order valence-electron chi connectivity index (χ1n) is 5.40. The van der Waals surface area contributed by atoms with Crippen LogP contribution in [0, 0.1) is 5.92 Å². The Morgan fingerprint density at radius 3 is 2.14 bits per heavy atom. The molecular weight excluding hydrogens is 180 g/mol. The molecule has 0 aliphatic heterocycles. The minimum Gasteiger partial charge on any atom is -0.469 e. The summed E-state index contributed by atoms with van der Waals surface area (Å²) in [5.74, 6) is -0.0844. The van der Waals surface area contributed by atoms with Gasteiger partial charge in [-0.1, -0.05) is 26.7 Å². The first kappa shape index (κ1) is 13.4. The third-order valence-corrected chi connectivity index (χ3v) is 2.47. The predicted octanol–water partition coefficient (Wildman–Crippen LogP) is 2.13. The Morgan fingerprint density at radius 1 is 1.29 bits per heavy atom. The molecule has 0 saturated carbocycles. The first-order chi connectivity index (χ1) is 6.65. The Hall–Kier alpha value is -0.570. The maximum Gasteiger partial charge on any atom is 0.308 e. The fourth-order valence-corrected chi connectivity index (χ4v) is 1.69. The molecule has 3 heteroatoms. The van der Waals surface area contributed by atoms with Crippen LogP contribution in [0.25, 0.3) is 0 Å². The second-order valence-corrected chi connectivity index (χ2v) is 3.69. The zero-order valence-corrected chi connectivity index (χ0v) is 9.45. The van der Waals surface area contributed by atoms with Crippen LogP contribution in [0.4, 0.5) is 0 Å². The predicted molar refractivity (Wildman–Crippen MR) is 55.9 cm³/mol. The van der Waals surface area contributed by atoms with E-state index in [0.717, 1.165) is 25.7 Å². The average Bonchev–Trinajstić information content (AvgIpc) is 2.17. The Bertz CT molecular complexity index is 151. The van der Waals surface area contributed by atoms with Crippen LogP contribution in [0.3, 0.4) is 0 Å². The van der Waals surface area contributed by atoms with E-state index in [2.05, 4.69) is 18.6 Å². The van der Waals surface area contributed by atoms with Crippen molar-refractivity contribution in [1.29, 1.82) is 0 Å². The van der Waals surface area contributed by atoms with Crippen LogP contribution < -0.4 is 0 Å². The molecule has 1 N–H and O–H groups in total. The smallest absolute Gasteiger partial charge is 0.308 e. The van der Waals surface area contributed by atoms with Crippen molar-refractivity contribution in [2.75, 3.05) is 7.11 Å². The fourth-order valence-electron chi connectivity index (χ4n) is 1.69. The fraction of sp³-hybridized carbons (Fsp3) is 0.909. The largest absolute Gasteiger partial charge is 0.469 e. The van der Waals surface area contributed by atoms with Crippen LogP contribution in [-0.4, -0.2) is 24.3 Å². The van der Waals surface area contributed by atoms with Gasteiger partial charge in [0.15, 0.2) is 0 Å². The van der Waals surface area contributed by atoms with Crippen molar-refractivity contribution in [3.05, 3.63) is 0 Å². The van der Waals surface area contributed by atoms with Gasteiger partial charge in [0, 0.05) is 0 Å². The highest BCUT2D eigenvalue weighted by Gasteiger charge is 2.20. The average molecular weight is 202 g/mol. The van der Waals surface area contributed by atoms with Gasteiger partial charge >= 0.3 is 5.97 Å². The summed E-state index contributed by atoms with van der Waals surface area (Å²) in [7, 11) is 1.35. The molecule has 0 heterocycles. The first-order valence-corrected chi connectivity index (χ1v) is 5.40. The van der Waals surface area contributed by atoms with Crippen LogP contribution >= 0.6 is 0 Å². The van der Waals surface area contributed by atoms with Crippen molar-refractivity contribution in [2.24, 2.45) is 5.92 Å². The van der Waals surface area contributed by atoms with E-state index < -0.39 is 6.10 Å². The van der Waals surface area contributed by atoms with E-state index in [1.54, 1.807) is 0 Å². The van der Waals surface area contributed by atoms with Gasteiger partial charge in [0.1, 0.15) is 0 Å². The Balaban J connectivity index is 3.99. The topological polar surface area (TPSA) is 46.5 Å². The van der Waals surface area contributed by atoms with E-state index in [9.17, 15) is 9.90 Å². The van der Waals surface area contributed by atoms with Gasteiger partial charge in [0.25, 0.3) is 0 Å². The van der Waals surface area contributed by atoms with E-state index in [1.165, 1.54) is 7.11 Å². The van der Waals surface area contributed by atoms with E-state index in [-0.39, 0.29) is 18.3 Å². The highest BCUT2D eigenvalue weighted by molar-refractivity contribution is 5.69. The third kappa shape index (κ3) is 5.22. The molecule has 1 atom stereocenters. The van der Waals surface area contributed by atoms with E-state index in [4.69, 9.17) is 0 Å². The monoisotopic (exact) mass is 202 g/mol. The van der Waals surface area contributed by atoms with E-state index in [1.807, 2.05) is 0 Å². The Labute approximate surface area is 86.5 Å². The summed E-state index contributed by atoms with van der Waals surface area (Å²) in [4.78, 5) is 11.0. The molecule has 0 aliphatic carbocycles. The van der Waals surface area contributed by atoms with Crippen LogP contribution in [0.1, 0.15) is 46.0 Å². The van der Waals surface area contributed by atoms with Gasteiger partial charge in [-0.2, -0.15) is 0 Å². The Kier molecular flexibility index (Phi) is 7.48. The lowest BCUT2D eigenvalue weighted by Crippen LogP contribution is -2.24. The summed E-state index contributed by atoms with van der Waals surface area (Å²) >= 11 is 0. The normalized spacial score (nSPS) is 12.9. The lowest BCUT2D eigenvalue weighted by atomic mass is 9.91. The molecule has 3 nitrogen and oxygen atoms in total. The number of hydrogen-bond donors (Lipinski definition) is 1. The summed E-state index contributed by atoms with van der Waals surface area (Å²) in [6.07, 6.45) is 3.63. The Morgan fingerprint density at radius 2 is 1.79 bits per heavy atom. The number of esters is 1. The maximum absolute atomic E-state index is 11.0. The molecule has 0 aromatic heterocycles. The number of carbonyl (C=O) groups excluding carboxylic acids is 1. The van der Waals surface area contributed by atoms with Gasteiger partial charge in [-0.15, -0.1) is 0 Å². The number of aliphatic hydroxyl groups excluding tert-OH is 1. The summed E-state index contributed by atoms with van der Waals surface area (Å²) in [5.41, 5.74) is 0. The quantitative estimate of drug-likeness (QED) is 0.643. The SMILES string of the molecule is CCCC(CCC)C(O)CC(=O)OC. The molecule has 84 valence electrons. The van der Waals surface area contributed by atoms with Crippen molar-refractivity contribution in [2.45, 2.75) is 52.1 Å². The highest BCUT2D eigenvalue weighted by atomic mass is 16.5. The summed E-state index contributed by atoms with van der Waals surface area (Å²) in [6.45, 7) is 4.18. The summed E-state index contributed by atoms with van der Waals surface area (Å²) < 4.78 is 4.53. The van der Waals surface area contributed by atoms with Crippen LogP contribution in [0.2, 0.25) is 0 Å². The number of aliphatic hydroxyl groups is 1. The van der Waals surface area contributed by atoms with Crippen molar-refractivity contribution in [3.63, 3.8) is 0 Å². The number of hydrogen-bond acceptors (Lipinski definition) is 3. The third-order valence-electron chi connectivity index (χ3n) is 2.47. The lowest BCUT2D eigenvalue weighted by molar-refractivity contribution is -0.143. The van der Waals surface area contributed by atoms with Gasteiger partial charge in [-0.25, -0.2) is 0 Å². The van der Waals surface area contributed by atoms with Crippen LogP contribution in [-0.2, 0) is 9.53 Å². The summed E-state index contributed by atoms with van der Waals surface area (Å²) in [5, 5.41) is 9.77. The van der Waals surface area contributed by atoms with Crippen molar-refractivity contribution in [1.82, 2.24) is 0 Å². The molecule has 0 fully saturated rings. The number of methoxy groups -OCH3 is 1.